The van der Waals surface area contributed by atoms with Crippen molar-refractivity contribution in [3.8, 4) is 5.75 Å². The summed E-state index contributed by atoms with van der Waals surface area (Å²) in [5.74, 6) is -0.0497. The molecule has 1 saturated heterocycles. The minimum atomic E-state index is -0.391. The molecule has 0 aliphatic carbocycles. The van der Waals surface area contributed by atoms with Crippen LogP contribution in [-0.2, 0) is 16.0 Å². The van der Waals surface area contributed by atoms with Crippen LogP contribution < -0.4 is 10.5 Å². The number of ether oxygens (including phenoxy) is 2. The highest BCUT2D eigenvalue weighted by Gasteiger charge is 2.22. The number of nitrogens with two attached hydrogens (primary N) is 1. The fraction of sp³-hybridized carbons (Fsp3) is 0.611. The molecule has 0 bridgehead atoms. The van der Waals surface area contributed by atoms with Crippen molar-refractivity contribution in [2.75, 3.05) is 33.4 Å². The van der Waals surface area contributed by atoms with Crippen LogP contribution in [0.25, 0.3) is 0 Å². The minimum absolute atomic E-state index is 0. The largest absolute Gasteiger partial charge is 0.494 e. The van der Waals surface area contributed by atoms with Gasteiger partial charge >= 0.3 is 0 Å². The molecule has 1 heterocycles. The fourth-order valence-electron chi connectivity index (χ4n) is 2.88. The first-order valence-corrected chi connectivity index (χ1v) is 8.56. The molecule has 7 heteroatoms. The molecule has 1 fully saturated rings. The number of carbonyl (C=O) groups excluding carboxylic acids is 1. The van der Waals surface area contributed by atoms with Crippen molar-refractivity contribution in [3.63, 3.8) is 0 Å². The Morgan fingerprint density at radius 1 is 1.36 bits per heavy atom. The molecule has 2 N–H and O–H groups in total. The second kappa shape index (κ2) is 11.3. The van der Waals surface area contributed by atoms with Crippen LogP contribution in [0.1, 0.15) is 31.2 Å². The van der Waals surface area contributed by atoms with Crippen molar-refractivity contribution < 1.29 is 18.7 Å². The number of halogens is 2. The second-order valence-corrected chi connectivity index (χ2v) is 6.06. The molecular weight excluding hydrogens is 347 g/mol. The van der Waals surface area contributed by atoms with Crippen LogP contribution in [0, 0.1) is 5.82 Å². The van der Waals surface area contributed by atoms with Crippen LogP contribution >= 0.6 is 12.4 Å². The predicted octanol–water partition coefficient (Wildman–Crippen LogP) is 2.55. The second-order valence-electron chi connectivity index (χ2n) is 6.06. The van der Waals surface area contributed by atoms with E-state index < -0.39 is 5.82 Å². The van der Waals surface area contributed by atoms with Crippen molar-refractivity contribution in [1.82, 2.24) is 4.90 Å². The lowest BCUT2D eigenvalue weighted by molar-refractivity contribution is -0.133. The highest BCUT2D eigenvalue weighted by atomic mass is 35.5. The number of carbonyl (C=O) groups is 1. The number of methoxy groups -OCH3 is 1. The molecular formula is C18H28ClFN2O3. The number of piperidine rings is 1. The fourth-order valence-corrected chi connectivity index (χ4v) is 2.88. The number of nitrogens with zero attached hydrogens (tertiary/aromatic N) is 1. The SMILES string of the molecule is COc1ccc(CCC(=O)N2CCC(OCCCN)CC2)cc1F.Cl. The molecule has 1 aromatic rings. The molecule has 0 unspecified atom stereocenters. The topological polar surface area (TPSA) is 64.8 Å². The Morgan fingerprint density at radius 3 is 2.68 bits per heavy atom. The monoisotopic (exact) mass is 374 g/mol. The van der Waals surface area contributed by atoms with E-state index in [9.17, 15) is 9.18 Å². The van der Waals surface area contributed by atoms with Gasteiger partial charge in [0, 0.05) is 26.1 Å². The van der Waals surface area contributed by atoms with Gasteiger partial charge in [-0.3, -0.25) is 4.79 Å². The Hall–Kier alpha value is -1.37. The highest BCUT2D eigenvalue weighted by Crippen LogP contribution is 2.19. The normalized spacial score (nSPS) is 14.9. The van der Waals surface area contributed by atoms with Gasteiger partial charge in [-0.25, -0.2) is 4.39 Å². The Morgan fingerprint density at radius 2 is 2.08 bits per heavy atom. The standard InChI is InChI=1S/C18H27FN2O3.ClH/c1-23-17-5-3-14(13-16(17)19)4-6-18(22)21-10-7-15(8-11-21)24-12-2-9-20;/h3,5,13,15H,2,4,6-12,20H2,1H3;1H. The summed E-state index contributed by atoms with van der Waals surface area (Å²) >= 11 is 0. The van der Waals surface area contributed by atoms with Crippen molar-refractivity contribution in [2.45, 2.75) is 38.2 Å². The molecule has 0 atom stereocenters. The lowest BCUT2D eigenvalue weighted by Gasteiger charge is -2.32. The zero-order valence-electron chi connectivity index (χ0n) is 14.7. The summed E-state index contributed by atoms with van der Waals surface area (Å²) < 4.78 is 24.3. The molecule has 5 nitrogen and oxygen atoms in total. The van der Waals surface area contributed by atoms with Gasteiger partial charge in [-0.1, -0.05) is 6.07 Å². The molecule has 1 amide bonds. The summed E-state index contributed by atoms with van der Waals surface area (Å²) in [6.07, 6.45) is 3.77. The zero-order chi connectivity index (χ0) is 17.4. The Labute approximate surface area is 155 Å². The van der Waals surface area contributed by atoms with Gasteiger partial charge in [-0.2, -0.15) is 0 Å². The van der Waals surface area contributed by atoms with Crippen LogP contribution in [0.2, 0.25) is 0 Å². The molecule has 0 spiro atoms. The lowest BCUT2D eigenvalue weighted by Crippen LogP contribution is -2.41. The van der Waals surface area contributed by atoms with Crippen molar-refractivity contribution in [1.29, 1.82) is 0 Å². The van der Waals surface area contributed by atoms with Crippen LogP contribution in [-0.4, -0.2) is 50.3 Å². The first-order chi connectivity index (χ1) is 11.6. The Kier molecular flexibility index (Phi) is 9.78. The molecule has 0 saturated carbocycles. The smallest absolute Gasteiger partial charge is 0.222 e. The van der Waals surface area contributed by atoms with Crippen LogP contribution in [0.4, 0.5) is 4.39 Å². The van der Waals surface area contributed by atoms with E-state index in [1.807, 2.05) is 4.90 Å². The molecule has 25 heavy (non-hydrogen) atoms. The summed E-state index contributed by atoms with van der Waals surface area (Å²) in [4.78, 5) is 14.2. The molecule has 0 aromatic heterocycles. The predicted molar refractivity (Wildman–Crippen MR) is 97.7 cm³/mol. The number of benzene rings is 1. The van der Waals surface area contributed by atoms with E-state index in [4.69, 9.17) is 15.2 Å². The quantitative estimate of drug-likeness (QED) is 0.710. The van der Waals surface area contributed by atoms with E-state index in [0.29, 0.717) is 26.0 Å². The van der Waals surface area contributed by atoms with Gasteiger partial charge in [-0.05, 0) is 49.9 Å². The molecule has 1 aromatic carbocycles. The van der Waals surface area contributed by atoms with Crippen molar-refractivity contribution in [2.24, 2.45) is 5.73 Å². The maximum atomic E-state index is 13.7. The summed E-state index contributed by atoms with van der Waals surface area (Å²) in [5, 5.41) is 0. The maximum Gasteiger partial charge on any atom is 0.222 e. The van der Waals surface area contributed by atoms with E-state index in [2.05, 4.69) is 0 Å². The van der Waals surface area contributed by atoms with Gasteiger partial charge in [0.05, 0.1) is 13.2 Å². The Balaban J connectivity index is 0.00000312. The van der Waals surface area contributed by atoms with Gasteiger partial charge in [0.2, 0.25) is 5.91 Å². The first-order valence-electron chi connectivity index (χ1n) is 8.56. The molecule has 2 rings (SSSR count). The third kappa shape index (κ3) is 6.80. The number of hydrogen-bond acceptors (Lipinski definition) is 4. The summed E-state index contributed by atoms with van der Waals surface area (Å²) in [5.41, 5.74) is 6.26. The third-order valence-electron chi connectivity index (χ3n) is 4.34. The van der Waals surface area contributed by atoms with E-state index in [0.717, 1.165) is 37.9 Å². The van der Waals surface area contributed by atoms with Gasteiger partial charge in [-0.15, -0.1) is 12.4 Å². The molecule has 142 valence electrons. The number of aryl methyl sites for hydroxylation is 1. The number of rotatable bonds is 8. The van der Waals surface area contributed by atoms with E-state index in [1.165, 1.54) is 13.2 Å². The van der Waals surface area contributed by atoms with Crippen molar-refractivity contribution in [3.05, 3.63) is 29.6 Å². The van der Waals surface area contributed by atoms with Crippen molar-refractivity contribution >= 4 is 18.3 Å². The average Bonchev–Trinajstić information content (AvgIpc) is 2.60. The van der Waals surface area contributed by atoms with Crippen LogP contribution in [0.15, 0.2) is 18.2 Å². The summed E-state index contributed by atoms with van der Waals surface area (Å²) in [6, 6.07) is 4.83. The van der Waals surface area contributed by atoms with Gasteiger partial charge in [0.15, 0.2) is 11.6 Å². The van der Waals surface area contributed by atoms with Gasteiger partial charge < -0.3 is 20.1 Å². The summed E-state index contributed by atoms with van der Waals surface area (Å²) in [7, 11) is 1.44. The maximum absolute atomic E-state index is 13.7. The first kappa shape index (κ1) is 21.7. The van der Waals surface area contributed by atoms with Crippen LogP contribution in [0.5, 0.6) is 5.75 Å². The highest BCUT2D eigenvalue weighted by molar-refractivity contribution is 5.85. The van der Waals surface area contributed by atoms with Gasteiger partial charge in [0.25, 0.3) is 0 Å². The minimum Gasteiger partial charge on any atom is -0.494 e. The number of likely N-dealkylation sites (tertiary alicyclic amines) is 1. The molecule has 0 radical (unpaired) electrons. The van der Waals surface area contributed by atoms with E-state index >= 15 is 0 Å². The zero-order valence-corrected chi connectivity index (χ0v) is 15.5. The molecule has 1 aliphatic rings. The average molecular weight is 375 g/mol. The Bertz CT molecular complexity index is 537. The number of amides is 1. The van der Waals surface area contributed by atoms with Gasteiger partial charge in [0.1, 0.15) is 0 Å². The van der Waals surface area contributed by atoms with E-state index in [1.54, 1.807) is 12.1 Å². The molecule has 1 aliphatic heterocycles. The van der Waals surface area contributed by atoms with Crippen LogP contribution in [0.3, 0.4) is 0 Å². The third-order valence-corrected chi connectivity index (χ3v) is 4.34. The lowest BCUT2D eigenvalue weighted by atomic mass is 10.1. The van der Waals surface area contributed by atoms with E-state index in [-0.39, 0.29) is 30.2 Å². The summed E-state index contributed by atoms with van der Waals surface area (Å²) in [6.45, 7) is 2.79. The number of hydrogen-bond donors (Lipinski definition) is 1.